The lowest BCUT2D eigenvalue weighted by molar-refractivity contribution is 0.104. The van der Waals surface area contributed by atoms with Gasteiger partial charge in [-0.2, -0.15) is 0 Å². The summed E-state index contributed by atoms with van der Waals surface area (Å²) in [5.41, 5.74) is 6.02. The van der Waals surface area contributed by atoms with Gasteiger partial charge in [-0.15, -0.1) is 0 Å². The van der Waals surface area contributed by atoms with Crippen LogP contribution < -0.4 is 5.73 Å². The Morgan fingerprint density at radius 1 is 1.37 bits per heavy atom. The highest BCUT2D eigenvalue weighted by molar-refractivity contribution is 5.00. The van der Waals surface area contributed by atoms with Crippen molar-refractivity contribution < 1.29 is 4.42 Å². The summed E-state index contributed by atoms with van der Waals surface area (Å²) >= 11 is 0. The van der Waals surface area contributed by atoms with Gasteiger partial charge in [0.15, 0.2) is 0 Å². The SMILES string of the molecule is CCCN(C(C)Cc1ccco1)C1CCC(N)CC1. The molecule has 1 aromatic rings. The molecule has 108 valence electrons. The minimum Gasteiger partial charge on any atom is -0.469 e. The van der Waals surface area contributed by atoms with Crippen LogP contribution in [-0.2, 0) is 6.42 Å². The largest absolute Gasteiger partial charge is 0.469 e. The molecule has 0 aromatic carbocycles. The molecule has 1 atom stereocenters. The van der Waals surface area contributed by atoms with Crippen LogP contribution in [0.15, 0.2) is 22.8 Å². The lowest BCUT2D eigenvalue weighted by atomic mass is 9.89. The Morgan fingerprint density at radius 3 is 2.68 bits per heavy atom. The average Bonchev–Trinajstić information content (AvgIpc) is 2.90. The summed E-state index contributed by atoms with van der Waals surface area (Å²) in [5.74, 6) is 1.10. The second-order valence-electron chi connectivity index (χ2n) is 5.94. The maximum atomic E-state index is 6.02. The Labute approximate surface area is 117 Å². The Kier molecular flexibility index (Phi) is 5.46. The maximum absolute atomic E-state index is 6.02. The first-order chi connectivity index (χ1) is 9.20. The van der Waals surface area contributed by atoms with Gasteiger partial charge in [-0.3, -0.25) is 4.90 Å². The van der Waals surface area contributed by atoms with Crippen molar-refractivity contribution in [3.8, 4) is 0 Å². The first kappa shape index (κ1) is 14.6. The molecular weight excluding hydrogens is 236 g/mol. The highest BCUT2D eigenvalue weighted by atomic mass is 16.3. The second-order valence-corrected chi connectivity index (χ2v) is 5.94. The van der Waals surface area contributed by atoms with Crippen molar-refractivity contribution in [3.05, 3.63) is 24.2 Å². The van der Waals surface area contributed by atoms with Crippen molar-refractivity contribution in [2.24, 2.45) is 5.73 Å². The standard InChI is InChI=1S/C16H28N2O/c1-3-10-18(15-8-6-14(17)7-9-15)13(2)12-16-5-4-11-19-16/h4-5,11,13-15H,3,6-10,12,17H2,1-2H3. The van der Waals surface area contributed by atoms with Crippen molar-refractivity contribution in [2.75, 3.05) is 6.54 Å². The third kappa shape index (κ3) is 4.08. The number of nitrogens with two attached hydrogens (primary N) is 1. The Balaban J connectivity index is 1.94. The third-order valence-corrected chi connectivity index (χ3v) is 4.34. The van der Waals surface area contributed by atoms with Crippen LogP contribution in [0.25, 0.3) is 0 Å². The van der Waals surface area contributed by atoms with E-state index in [-0.39, 0.29) is 0 Å². The van der Waals surface area contributed by atoms with Gasteiger partial charge < -0.3 is 10.2 Å². The molecule has 2 N–H and O–H groups in total. The van der Waals surface area contributed by atoms with Gasteiger partial charge >= 0.3 is 0 Å². The van der Waals surface area contributed by atoms with E-state index >= 15 is 0 Å². The van der Waals surface area contributed by atoms with Crippen LogP contribution in [0.2, 0.25) is 0 Å². The van der Waals surface area contributed by atoms with Crippen molar-refractivity contribution in [2.45, 2.75) is 70.5 Å². The van der Waals surface area contributed by atoms with E-state index in [1.807, 2.05) is 6.07 Å². The zero-order valence-electron chi connectivity index (χ0n) is 12.3. The lowest BCUT2D eigenvalue weighted by Gasteiger charge is -2.39. The molecule has 2 rings (SSSR count). The van der Waals surface area contributed by atoms with E-state index < -0.39 is 0 Å². The molecule has 19 heavy (non-hydrogen) atoms. The summed E-state index contributed by atoms with van der Waals surface area (Å²) in [6.45, 7) is 5.77. The van der Waals surface area contributed by atoms with E-state index in [1.165, 1.54) is 38.6 Å². The number of nitrogens with zero attached hydrogens (tertiary/aromatic N) is 1. The summed E-state index contributed by atoms with van der Waals surface area (Å²) < 4.78 is 5.49. The molecule has 3 nitrogen and oxygen atoms in total. The fourth-order valence-corrected chi connectivity index (χ4v) is 3.29. The predicted octanol–water partition coefficient (Wildman–Crippen LogP) is 3.19. The van der Waals surface area contributed by atoms with E-state index in [4.69, 9.17) is 10.2 Å². The first-order valence-electron chi connectivity index (χ1n) is 7.74. The Morgan fingerprint density at radius 2 is 2.11 bits per heavy atom. The zero-order valence-corrected chi connectivity index (χ0v) is 12.3. The Bertz CT molecular complexity index is 342. The van der Waals surface area contributed by atoms with Crippen LogP contribution in [0.3, 0.4) is 0 Å². The molecule has 3 heteroatoms. The summed E-state index contributed by atoms with van der Waals surface area (Å²) in [4.78, 5) is 2.68. The molecule has 1 aliphatic carbocycles. The van der Waals surface area contributed by atoms with Crippen molar-refractivity contribution >= 4 is 0 Å². The number of furan rings is 1. The molecule has 1 heterocycles. The number of rotatable bonds is 6. The minimum atomic E-state index is 0.431. The van der Waals surface area contributed by atoms with Crippen LogP contribution in [0.4, 0.5) is 0 Å². The summed E-state index contributed by atoms with van der Waals surface area (Å²) in [6, 6.07) is 5.75. The monoisotopic (exact) mass is 264 g/mol. The van der Waals surface area contributed by atoms with Gasteiger partial charge in [-0.05, 0) is 57.7 Å². The normalized spacial score (nSPS) is 25.7. The average molecular weight is 264 g/mol. The zero-order chi connectivity index (χ0) is 13.7. The highest BCUT2D eigenvalue weighted by Crippen LogP contribution is 2.25. The van der Waals surface area contributed by atoms with Crippen LogP contribution in [0.1, 0.15) is 51.7 Å². The topological polar surface area (TPSA) is 42.4 Å². The van der Waals surface area contributed by atoms with Gasteiger partial charge in [0.1, 0.15) is 5.76 Å². The number of hydrogen-bond acceptors (Lipinski definition) is 3. The molecule has 0 aliphatic heterocycles. The van der Waals surface area contributed by atoms with Gasteiger partial charge in [0.2, 0.25) is 0 Å². The molecule has 1 aromatic heterocycles. The fraction of sp³-hybridized carbons (Fsp3) is 0.750. The van der Waals surface area contributed by atoms with Crippen molar-refractivity contribution in [3.63, 3.8) is 0 Å². The van der Waals surface area contributed by atoms with Crippen molar-refractivity contribution in [1.82, 2.24) is 4.90 Å². The van der Waals surface area contributed by atoms with Gasteiger partial charge in [-0.1, -0.05) is 6.92 Å². The minimum absolute atomic E-state index is 0.431. The quantitative estimate of drug-likeness (QED) is 0.858. The second kappa shape index (κ2) is 7.11. The molecule has 1 saturated carbocycles. The van der Waals surface area contributed by atoms with E-state index in [0.29, 0.717) is 18.1 Å². The van der Waals surface area contributed by atoms with Crippen LogP contribution in [0.5, 0.6) is 0 Å². The van der Waals surface area contributed by atoms with Crippen LogP contribution >= 0.6 is 0 Å². The molecule has 0 spiro atoms. The third-order valence-electron chi connectivity index (χ3n) is 4.34. The lowest BCUT2D eigenvalue weighted by Crippen LogP contribution is -2.46. The van der Waals surface area contributed by atoms with Crippen molar-refractivity contribution in [1.29, 1.82) is 0 Å². The molecule has 1 unspecified atom stereocenters. The van der Waals surface area contributed by atoms with Crippen LogP contribution in [0, 0.1) is 0 Å². The molecule has 0 amide bonds. The van der Waals surface area contributed by atoms with E-state index in [9.17, 15) is 0 Å². The summed E-state index contributed by atoms with van der Waals surface area (Å²) in [6.07, 6.45) is 8.86. The Hall–Kier alpha value is -0.800. The summed E-state index contributed by atoms with van der Waals surface area (Å²) in [5, 5.41) is 0. The molecule has 0 saturated heterocycles. The van der Waals surface area contributed by atoms with Gasteiger partial charge in [0.05, 0.1) is 6.26 Å². The molecule has 1 aliphatic rings. The fourth-order valence-electron chi connectivity index (χ4n) is 3.29. The van der Waals surface area contributed by atoms with Gasteiger partial charge in [0, 0.05) is 24.5 Å². The van der Waals surface area contributed by atoms with Gasteiger partial charge in [-0.25, -0.2) is 0 Å². The van der Waals surface area contributed by atoms with Crippen LogP contribution in [-0.4, -0.2) is 29.6 Å². The molecular formula is C16H28N2O. The molecule has 1 fully saturated rings. The highest BCUT2D eigenvalue weighted by Gasteiger charge is 2.27. The van der Waals surface area contributed by atoms with Gasteiger partial charge in [0.25, 0.3) is 0 Å². The maximum Gasteiger partial charge on any atom is 0.105 e. The van der Waals surface area contributed by atoms with E-state index in [0.717, 1.165) is 12.2 Å². The smallest absolute Gasteiger partial charge is 0.105 e. The van der Waals surface area contributed by atoms with E-state index in [2.05, 4.69) is 24.8 Å². The molecule has 0 bridgehead atoms. The summed E-state index contributed by atoms with van der Waals surface area (Å²) in [7, 11) is 0. The van der Waals surface area contributed by atoms with E-state index in [1.54, 1.807) is 6.26 Å². The molecule has 0 radical (unpaired) electrons. The first-order valence-corrected chi connectivity index (χ1v) is 7.74. The number of hydrogen-bond donors (Lipinski definition) is 1. The predicted molar refractivity (Wildman–Crippen MR) is 79.1 cm³/mol.